The second kappa shape index (κ2) is 5.97. The van der Waals surface area contributed by atoms with Crippen LogP contribution in [0.3, 0.4) is 0 Å². The smallest absolute Gasteiger partial charge is 0.269 e. The Morgan fingerprint density at radius 1 is 1.08 bits per heavy atom. The maximum atomic E-state index is 13.2. The van der Waals surface area contributed by atoms with Crippen molar-refractivity contribution >= 4 is 77.2 Å². The van der Waals surface area contributed by atoms with Crippen molar-refractivity contribution in [3.8, 4) is 0 Å². The molecule has 2 aromatic carbocycles. The average molecular weight is 397 g/mol. The Morgan fingerprint density at radius 2 is 1.92 bits per heavy atom. The number of anilines is 1. The zero-order chi connectivity index (χ0) is 16.8. The molecule has 1 amide bonds. The Labute approximate surface area is 153 Å². The minimum Gasteiger partial charge on any atom is -0.297 e. The van der Waals surface area contributed by atoms with Gasteiger partial charge in [0.05, 0.1) is 15.2 Å². The molecule has 0 bridgehead atoms. The van der Waals surface area contributed by atoms with Crippen LogP contribution in [0.4, 0.5) is 9.52 Å². The molecule has 0 aliphatic carbocycles. The van der Waals surface area contributed by atoms with Crippen LogP contribution < -0.4 is 5.32 Å². The van der Waals surface area contributed by atoms with E-state index in [1.807, 2.05) is 0 Å². The molecule has 0 saturated carbocycles. The molecule has 0 saturated heterocycles. The lowest BCUT2D eigenvalue weighted by Crippen LogP contribution is -2.10. The third-order valence-electron chi connectivity index (χ3n) is 3.37. The number of thiophene rings is 1. The highest BCUT2D eigenvalue weighted by molar-refractivity contribution is 7.23. The SMILES string of the molecule is O=C(Nc1nc2ccc(F)cc2s1)c1sc2cc(Cl)ccc2c1Cl. The van der Waals surface area contributed by atoms with E-state index in [1.165, 1.54) is 34.8 Å². The minimum atomic E-state index is -0.350. The molecule has 0 fully saturated rings. The highest BCUT2D eigenvalue weighted by atomic mass is 35.5. The van der Waals surface area contributed by atoms with Gasteiger partial charge in [-0.2, -0.15) is 0 Å². The van der Waals surface area contributed by atoms with E-state index in [9.17, 15) is 9.18 Å². The van der Waals surface area contributed by atoms with E-state index in [-0.39, 0.29) is 11.7 Å². The van der Waals surface area contributed by atoms with Crippen LogP contribution in [0.1, 0.15) is 9.67 Å². The molecule has 0 unspecified atom stereocenters. The predicted molar refractivity (Wildman–Crippen MR) is 99.4 cm³/mol. The van der Waals surface area contributed by atoms with Crippen LogP contribution in [0.2, 0.25) is 10.0 Å². The molecule has 0 aliphatic heterocycles. The van der Waals surface area contributed by atoms with Crippen molar-refractivity contribution in [2.45, 2.75) is 0 Å². The molecular weight excluding hydrogens is 390 g/mol. The van der Waals surface area contributed by atoms with Gasteiger partial charge in [0.2, 0.25) is 0 Å². The van der Waals surface area contributed by atoms with Crippen molar-refractivity contribution in [3.05, 3.63) is 57.1 Å². The minimum absolute atomic E-state index is 0.339. The van der Waals surface area contributed by atoms with Gasteiger partial charge in [-0.1, -0.05) is 40.6 Å². The van der Waals surface area contributed by atoms with Crippen LogP contribution >= 0.6 is 45.9 Å². The first-order valence-corrected chi connectivity index (χ1v) is 9.15. The Kier molecular flexibility index (Phi) is 3.92. The first kappa shape index (κ1) is 15.8. The van der Waals surface area contributed by atoms with Crippen LogP contribution in [-0.2, 0) is 0 Å². The molecule has 4 rings (SSSR count). The van der Waals surface area contributed by atoms with Gasteiger partial charge in [-0.25, -0.2) is 9.37 Å². The van der Waals surface area contributed by atoms with E-state index < -0.39 is 0 Å². The summed E-state index contributed by atoms with van der Waals surface area (Å²) in [5.74, 6) is -0.690. The number of nitrogens with one attached hydrogen (secondary N) is 1. The van der Waals surface area contributed by atoms with Crippen molar-refractivity contribution in [2.24, 2.45) is 0 Å². The normalized spacial score (nSPS) is 11.3. The molecule has 2 aromatic heterocycles. The number of benzene rings is 2. The van der Waals surface area contributed by atoms with Gasteiger partial charge >= 0.3 is 0 Å². The molecule has 4 aromatic rings. The van der Waals surface area contributed by atoms with Crippen molar-refractivity contribution in [2.75, 3.05) is 5.32 Å². The van der Waals surface area contributed by atoms with Crippen molar-refractivity contribution in [3.63, 3.8) is 0 Å². The number of rotatable bonds is 2. The van der Waals surface area contributed by atoms with Crippen molar-refractivity contribution in [1.82, 2.24) is 4.98 Å². The summed E-state index contributed by atoms with van der Waals surface area (Å²) in [7, 11) is 0. The van der Waals surface area contributed by atoms with E-state index in [0.717, 1.165) is 10.1 Å². The number of fused-ring (bicyclic) bond motifs is 2. The zero-order valence-electron chi connectivity index (χ0n) is 11.8. The fourth-order valence-electron chi connectivity index (χ4n) is 2.29. The molecule has 0 aliphatic rings. The lowest BCUT2D eigenvalue weighted by Gasteiger charge is -1.98. The third-order valence-corrected chi connectivity index (χ3v) is 6.19. The highest BCUT2D eigenvalue weighted by Crippen LogP contribution is 2.37. The Bertz CT molecular complexity index is 1110. The second-order valence-corrected chi connectivity index (χ2v) is 7.87. The molecule has 24 heavy (non-hydrogen) atoms. The van der Waals surface area contributed by atoms with Crippen LogP contribution in [0.15, 0.2) is 36.4 Å². The summed E-state index contributed by atoms with van der Waals surface area (Å²) in [6, 6.07) is 9.58. The van der Waals surface area contributed by atoms with Gasteiger partial charge in [-0.3, -0.25) is 10.1 Å². The van der Waals surface area contributed by atoms with Crippen molar-refractivity contribution < 1.29 is 9.18 Å². The maximum absolute atomic E-state index is 13.2. The van der Waals surface area contributed by atoms with Crippen LogP contribution in [0.5, 0.6) is 0 Å². The van der Waals surface area contributed by atoms with Gasteiger partial charge in [0.25, 0.3) is 5.91 Å². The molecule has 1 N–H and O–H groups in total. The van der Waals surface area contributed by atoms with Gasteiger partial charge in [0.1, 0.15) is 10.7 Å². The summed E-state index contributed by atoms with van der Waals surface area (Å²) in [4.78, 5) is 17.2. The van der Waals surface area contributed by atoms with E-state index in [1.54, 1.807) is 24.3 Å². The van der Waals surface area contributed by atoms with Crippen molar-refractivity contribution in [1.29, 1.82) is 0 Å². The number of aromatic nitrogens is 1. The summed E-state index contributed by atoms with van der Waals surface area (Å²) in [5.41, 5.74) is 0.630. The van der Waals surface area contributed by atoms with Gasteiger partial charge in [-0.15, -0.1) is 11.3 Å². The molecule has 2 heterocycles. The molecule has 0 radical (unpaired) electrons. The number of thiazole rings is 1. The monoisotopic (exact) mass is 396 g/mol. The van der Waals surface area contributed by atoms with Gasteiger partial charge < -0.3 is 0 Å². The van der Waals surface area contributed by atoms with E-state index >= 15 is 0 Å². The number of hydrogen-bond donors (Lipinski definition) is 1. The largest absolute Gasteiger partial charge is 0.297 e. The number of amides is 1. The molecule has 8 heteroatoms. The number of nitrogens with zero attached hydrogens (tertiary/aromatic N) is 1. The first-order valence-electron chi connectivity index (χ1n) is 6.76. The van der Waals surface area contributed by atoms with Gasteiger partial charge in [0.15, 0.2) is 5.13 Å². The maximum Gasteiger partial charge on any atom is 0.269 e. The number of halogens is 3. The predicted octanol–water partition coefficient (Wildman–Crippen LogP) is 6.21. The highest BCUT2D eigenvalue weighted by Gasteiger charge is 2.18. The third kappa shape index (κ3) is 2.75. The summed E-state index contributed by atoms with van der Waals surface area (Å²) in [6.07, 6.45) is 0. The lowest BCUT2D eigenvalue weighted by atomic mass is 10.2. The number of carbonyl (C=O) groups excluding carboxylic acids is 1. The van der Waals surface area contributed by atoms with Crippen LogP contribution in [-0.4, -0.2) is 10.9 Å². The summed E-state index contributed by atoms with van der Waals surface area (Å²) in [5, 5.41) is 4.87. The topological polar surface area (TPSA) is 42.0 Å². The molecule has 3 nitrogen and oxygen atoms in total. The fraction of sp³-hybridized carbons (Fsp3) is 0. The second-order valence-electron chi connectivity index (χ2n) is 4.97. The summed E-state index contributed by atoms with van der Waals surface area (Å²) in [6.45, 7) is 0. The van der Waals surface area contributed by atoms with E-state index in [2.05, 4.69) is 10.3 Å². The van der Waals surface area contributed by atoms with Crippen LogP contribution in [0, 0.1) is 5.82 Å². The van der Waals surface area contributed by atoms with Gasteiger partial charge in [-0.05, 0) is 30.3 Å². The zero-order valence-corrected chi connectivity index (χ0v) is 14.9. The van der Waals surface area contributed by atoms with Gasteiger partial charge in [0, 0.05) is 15.1 Å². The van der Waals surface area contributed by atoms with Crippen LogP contribution in [0.25, 0.3) is 20.3 Å². The molecule has 120 valence electrons. The van der Waals surface area contributed by atoms with E-state index in [4.69, 9.17) is 23.2 Å². The summed E-state index contributed by atoms with van der Waals surface area (Å²) < 4.78 is 14.7. The number of hydrogen-bond acceptors (Lipinski definition) is 4. The molecular formula is C16H7Cl2FN2OS2. The Morgan fingerprint density at radius 3 is 2.75 bits per heavy atom. The lowest BCUT2D eigenvalue weighted by molar-refractivity contribution is 0.103. The Balaban J connectivity index is 1.69. The Hall–Kier alpha value is -1.73. The summed E-state index contributed by atoms with van der Waals surface area (Å²) >= 11 is 14.8. The fourth-order valence-corrected chi connectivity index (χ4v) is 4.86. The average Bonchev–Trinajstić information content (AvgIpc) is 3.07. The molecule has 0 atom stereocenters. The standard InChI is InChI=1S/C16H7Cl2FN2OS2/c17-7-1-3-9-11(5-7)23-14(13(9)18)15(22)21-16-20-10-4-2-8(19)6-12(10)24-16/h1-6H,(H,20,21,22). The molecule has 0 spiro atoms. The quantitative estimate of drug-likeness (QED) is 0.437. The first-order chi connectivity index (χ1) is 11.5. The van der Waals surface area contributed by atoms with E-state index in [0.29, 0.717) is 30.3 Å². The number of carbonyl (C=O) groups is 1.